The third-order valence-electron chi connectivity index (χ3n) is 0. The average molecular weight is 237 g/mol. The summed E-state index contributed by atoms with van der Waals surface area (Å²) < 4.78 is 69.6. The van der Waals surface area contributed by atoms with Crippen molar-refractivity contribution in [3.8, 4) is 0 Å². The van der Waals surface area contributed by atoms with Crippen LogP contribution in [0.5, 0.6) is 0 Å². The van der Waals surface area contributed by atoms with Gasteiger partial charge in [-0.05, 0) is 0 Å². The summed E-state index contributed by atoms with van der Waals surface area (Å²) in [5.74, 6) is 0. The van der Waals surface area contributed by atoms with Crippen LogP contribution in [0.3, 0.4) is 0 Å². The van der Waals surface area contributed by atoms with Crippen LogP contribution in [0.15, 0.2) is 0 Å². The molecule has 0 aromatic carbocycles. The van der Waals surface area contributed by atoms with Crippen molar-refractivity contribution in [1.82, 2.24) is 0 Å². The van der Waals surface area contributed by atoms with E-state index < -0.39 is 11.5 Å². The first-order valence-corrected chi connectivity index (χ1v) is 2.30. The fraction of sp³-hybridized carbons (Fsp3) is 1.00. The van der Waals surface area contributed by atoms with Crippen LogP contribution >= 0.6 is 15.9 Å². The molecule has 0 spiro atoms. The van der Waals surface area contributed by atoms with E-state index >= 15 is 0 Å². The Kier molecular flexibility index (Phi) is 5.05. The van der Waals surface area contributed by atoms with Crippen molar-refractivity contribution in [3.63, 3.8) is 0 Å². The second-order valence-electron chi connectivity index (χ2n) is 0.857. The predicted molar refractivity (Wildman–Crippen MR) is 22.1 cm³/mol. The molecule has 10 heavy (non-hydrogen) atoms. The van der Waals surface area contributed by atoms with Gasteiger partial charge in [0, 0.05) is 15.9 Å². The summed E-state index contributed by atoms with van der Waals surface area (Å²) in [6.07, 6.45) is -5.50. The number of halogens is 8. The van der Waals surface area contributed by atoms with Crippen LogP contribution in [-0.2, 0) is 0 Å². The molecule has 0 heterocycles. The summed E-state index contributed by atoms with van der Waals surface area (Å²) in [4.78, 5) is 0. The molecule has 0 rings (SSSR count). The lowest BCUT2D eigenvalue weighted by molar-refractivity contribution is -0.237. The van der Waals surface area contributed by atoms with Gasteiger partial charge in [-0.15, -0.1) is 17.6 Å². The highest BCUT2D eigenvalue weighted by atomic mass is 79.9. The Hall–Kier alpha value is -0.0100. The van der Waals surface area contributed by atoms with E-state index in [0.717, 1.165) is 0 Å². The van der Waals surface area contributed by atoms with Crippen molar-refractivity contribution >= 4 is 15.9 Å². The van der Waals surface area contributed by atoms with E-state index in [1.807, 2.05) is 0 Å². The molecule has 0 saturated heterocycles. The maximum Gasteiger partial charge on any atom is 0.559 e. The summed E-state index contributed by atoms with van der Waals surface area (Å²) >= 11 is 1.38. The van der Waals surface area contributed by atoms with Crippen LogP contribution < -0.4 is 0 Å². The molecule has 0 aromatic heterocycles. The van der Waals surface area contributed by atoms with Gasteiger partial charge in [0.05, 0.1) is 0 Å². The third kappa shape index (κ3) is 3900000. The highest BCUT2D eigenvalue weighted by Gasteiger charge is 2.24. The number of rotatable bonds is 0. The van der Waals surface area contributed by atoms with Gasteiger partial charge >= 0.3 is 11.5 Å². The smallest absolute Gasteiger partial charge is 0.160 e. The van der Waals surface area contributed by atoms with Crippen LogP contribution in [0, 0.1) is 0 Å². The highest BCUT2D eigenvalue weighted by Crippen LogP contribution is 2.21. The molecule has 0 amide bonds. The second-order valence-corrected chi connectivity index (χ2v) is 1.76. The van der Waals surface area contributed by atoms with Crippen molar-refractivity contribution < 1.29 is 30.7 Å². The average Bonchev–Trinajstić information content (AvgIpc) is 1.12. The van der Waals surface area contributed by atoms with Crippen LogP contribution in [0.25, 0.3) is 0 Å². The van der Waals surface area contributed by atoms with E-state index in [4.69, 9.17) is 0 Å². The normalized spacial score (nSPS) is 12.0. The Morgan fingerprint density at radius 3 is 0.700 bits per heavy atom. The standard InChI is InChI=1S/CBrF3.CF4/c2*2-1(3,4)5. The van der Waals surface area contributed by atoms with Gasteiger partial charge in [0.2, 0.25) is 0 Å². The van der Waals surface area contributed by atoms with Crippen LogP contribution in [0.1, 0.15) is 0 Å². The lowest BCUT2D eigenvalue weighted by Crippen LogP contribution is -1.92. The molecule has 0 aliphatic rings. The molecule has 0 aliphatic heterocycles. The summed E-state index contributed by atoms with van der Waals surface area (Å²) in [6, 6.07) is 0. The number of alkyl halides is 8. The Morgan fingerprint density at radius 2 is 0.700 bits per heavy atom. The maximum absolute atomic E-state index is 10.3. The summed E-state index contributed by atoms with van der Waals surface area (Å²) in [5.41, 5.74) is 0. The molecule has 0 N–H and O–H groups in total. The quantitative estimate of drug-likeness (QED) is 0.447. The Labute approximate surface area is 59.1 Å². The van der Waals surface area contributed by atoms with Crippen LogP contribution in [-0.4, -0.2) is 11.5 Å². The zero-order valence-electron chi connectivity index (χ0n) is 4.02. The van der Waals surface area contributed by atoms with E-state index in [1.54, 1.807) is 0 Å². The molecule has 64 valence electrons. The van der Waals surface area contributed by atoms with E-state index in [1.165, 1.54) is 15.9 Å². The third-order valence-corrected chi connectivity index (χ3v) is 0. The second kappa shape index (κ2) is 3.99. The van der Waals surface area contributed by atoms with Gasteiger partial charge in [-0.3, -0.25) is 0 Å². The highest BCUT2D eigenvalue weighted by molar-refractivity contribution is 9.09. The monoisotopic (exact) mass is 236 g/mol. The molecular weight excluding hydrogens is 237 g/mol. The molecule has 0 aromatic rings. The van der Waals surface area contributed by atoms with Crippen molar-refractivity contribution in [3.05, 3.63) is 0 Å². The summed E-state index contributed by atoms with van der Waals surface area (Å²) in [7, 11) is 0. The fourth-order valence-corrected chi connectivity index (χ4v) is 0. The lowest BCUT2D eigenvalue weighted by atomic mass is 11.5. The zero-order valence-corrected chi connectivity index (χ0v) is 5.61. The minimum absolute atomic E-state index is 1.38. The van der Waals surface area contributed by atoms with Gasteiger partial charge in [0.25, 0.3) is 0 Å². The van der Waals surface area contributed by atoms with Gasteiger partial charge in [0.15, 0.2) is 0 Å². The molecule has 0 nitrogen and oxygen atoms in total. The molecule has 0 bridgehead atoms. The zero-order chi connectivity index (χ0) is 9.00. The van der Waals surface area contributed by atoms with E-state index in [2.05, 4.69) is 0 Å². The first-order valence-electron chi connectivity index (χ1n) is 1.51. The van der Waals surface area contributed by atoms with Gasteiger partial charge in [-0.2, -0.15) is 13.2 Å². The SMILES string of the molecule is FC(F)(F)Br.FC(F)(F)F. The lowest BCUT2D eigenvalue weighted by Gasteiger charge is -1.85. The fourth-order valence-electron chi connectivity index (χ4n) is 0. The van der Waals surface area contributed by atoms with Gasteiger partial charge in [0.1, 0.15) is 0 Å². The Balaban J connectivity index is 0. The molecule has 0 saturated carbocycles. The van der Waals surface area contributed by atoms with E-state index in [0.29, 0.717) is 0 Å². The molecule has 8 heteroatoms. The maximum atomic E-state index is 10.3. The number of hydrogen-bond donors (Lipinski definition) is 0. The molecule has 0 atom stereocenters. The van der Waals surface area contributed by atoms with Crippen LogP contribution in [0.4, 0.5) is 30.7 Å². The van der Waals surface area contributed by atoms with E-state index in [-0.39, 0.29) is 0 Å². The van der Waals surface area contributed by atoms with Crippen molar-refractivity contribution in [2.24, 2.45) is 0 Å². The summed E-state index contributed by atoms with van der Waals surface area (Å²) in [6.45, 7) is 0. The number of hydrogen-bond acceptors (Lipinski definition) is 0. The minimum Gasteiger partial charge on any atom is -0.160 e. The molecular formula is C2BrF7. The summed E-state index contributed by atoms with van der Waals surface area (Å²) in [5, 5.41) is -4.19. The van der Waals surface area contributed by atoms with Crippen LogP contribution in [0.2, 0.25) is 0 Å². The molecule has 0 unspecified atom stereocenters. The molecule has 0 radical (unpaired) electrons. The largest absolute Gasteiger partial charge is 0.559 e. The molecule has 0 aliphatic carbocycles. The van der Waals surface area contributed by atoms with Gasteiger partial charge in [-0.1, -0.05) is 0 Å². The van der Waals surface area contributed by atoms with Gasteiger partial charge < -0.3 is 0 Å². The Morgan fingerprint density at radius 1 is 0.700 bits per heavy atom. The minimum atomic E-state index is -5.50. The molecule has 0 fully saturated rings. The Bertz CT molecular complexity index is 54.6. The predicted octanol–water partition coefficient (Wildman–Crippen LogP) is 3.38. The first-order chi connectivity index (χ1) is 4.00. The van der Waals surface area contributed by atoms with Gasteiger partial charge in [-0.25, -0.2) is 0 Å². The van der Waals surface area contributed by atoms with Crippen molar-refractivity contribution in [1.29, 1.82) is 0 Å². The van der Waals surface area contributed by atoms with Crippen molar-refractivity contribution in [2.45, 2.75) is 11.5 Å². The first kappa shape index (κ1) is 12.6. The van der Waals surface area contributed by atoms with Crippen molar-refractivity contribution in [2.75, 3.05) is 0 Å². The van der Waals surface area contributed by atoms with E-state index in [9.17, 15) is 30.7 Å². The topological polar surface area (TPSA) is 0 Å².